The average Bonchev–Trinajstić information content (AvgIpc) is 2.81. The van der Waals surface area contributed by atoms with E-state index in [0.29, 0.717) is 6.42 Å². The molecule has 0 aromatic heterocycles. The molecule has 3 unspecified atom stereocenters. The van der Waals surface area contributed by atoms with E-state index in [1.54, 1.807) is 0 Å². The fourth-order valence-electron chi connectivity index (χ4n) is 4.31. The third kappa shape index (κ3) is 4.45. The molecule has 0 aliphatic heterocycles. The highest BCUT2D eigenvalue weighted by molar-refractivity contribution is 7.17. The molecule has 1 N–H and O–H groups in total. The van der Waals surface area contributed by atoms with Gasteiger partial charge in [-0.1, -0.05) is 77.1 Å². The summed E-state index contributed by atoms with van der Waals surface area (Å²) in [5, 5.41) is 10.8. The van der Waals surface area contributed by atoms with E-state index in [-0.39, 0.29) is 17.7 Å². The van der Waals surface area contributed by atoms with Crippen LogP contribution < -0.4 is 0 Å². The molecule has 2 aromatic carbocycles. The number of hydrogen-bond donors (Lipinski definition) is 1. The first kappa shape index (κ1) is 24.7. The van der Waals surface area contributed by atoms with Crippen LogP contribution in [-0.2, 0) is 27.1 Å². The van der Waals surface area contributed by atoms with Crippen molar-refractivity contribution in [2.24, 2.45) is 0 Å². The Kier molecular flexibility index (Phi) is 7.08. The Balaban J connectivity index is 1.69. The van der Waals surface area contributed by atoms with Crippen LogP contribution in [0.3, 0.4) is 0 Å². The first-order chi connectivity index (χ1) is 15.0. The van der Waals surface area contributed by atoms with E-state index >= 15 is 0 Å². The Hall–Kier alpha value is -1.90. The fraction of sp³-hybridized carbons (Fsp3) is 0.519. The number of aliphatic hydroxyl groups is 1. The second-order valence-electron chi connectivity index (χ2n) is 9.68. The molecule has 0 heterocycles. The molecule has 4 nitrogen and oxygen atoms in total. The van der Waals surface area contributed by atoms with E-state index < -0.39 is 17.4 Å². The van der Waals surface area contributed by atoms with Crippen molar-refractivity contribution in [3.8, 4) is 0 Å². The summed E-state index contributed by atoms with van der Waals surface area (Å²) in [5.74, 6) is 0. The lowest BCUT2D eigenvalue weighted by Crippen LogP contribution is -2.40. The fourth-order valence-corrected chi connectivity index (χ4v) is 5.00. The topological polar surface area (TPSA) is 55.8 Å². The van der Waals surface area contributed by atoms with Crippen molar-refractivity contribution in [1.82, 2.24) is 0 Å². The van der Waals surface area contributed by atoms with Gasteiger partial charge in [-0.15, -0.1) is 9.24 Å². The molecule has 0 fully saturated rings. The predicted octanol–water partition coefficient (Wildman–Crippen LogP) is 6.77. The molecule has 0 amide bonds. The summed E-state index contributed by atoms with van der Waals surface area (Å²) < 4.78 is 10.8. The number of carbonyl (C=O) groups is 1. The molecular formula is C27H37O4P. The maximum absolute atomic E-state index is 12.1. The van der Waals surface area contributed by atoms with Gasteiger partial charge in [-0.2, -0.15) is 0 Å². The van der Waals surface area contributed by atoms with Crippen LogP contribution in [0, 0.1) is 0 Å². The van der Waals surface area contributed by atoms with Crippen LogP contribution in [0.25, 0.3) is 0 Å². The summed E-state index contributed by atoms with van der Waals surface area (Å²) in [6.45, 7) is 12.5. The lowest BCUT2D eigenvalue weighted by atomic mass is 9.68. The first-order valence-electron chi connectivity index (χ1n) is 11.6. The number of benzene rings is 2. The number of ether oxygens (including phenoxy) is 2. The monoisotopic (exact) mass is 456 g/mol. The van der Waals surface area contributed by atoms with Crippen LogP contribution in [0.1, 0.15) is 94.3 Å². The number of carbonyl (C=O) groups excluding carboxylic acids is 1. The molecule has 2 aromatic rings. The zero-order valence-corrected chi connectivity index (χ0v) is 21.4. The Morgan fingerprint density at radius 2 is 1.62 bits per heavy atom. The smallest absolute Gasteiger partial charge is 0.429 e. The van der Waals surface area contributed by atoms with Crippen molar-refractivity contribution in [3.05, 3.63) is 70.3 Å². The first-order valence-corrected chi connectivity index (χ1v) is 12.3. The van der Waals surface area contributed by atoms with Crippen LogP contribution in [0.5, 0.6) is 0 Å². The van der Waals surface area contributed by atoms with Crippen molar-refractivity contribution < 1.29 is 19.4 Å². The molecule has 3 atom stereocenters. The predicted molar refractivity (Wildman–Crippen MR) is 132 cm³/mol. The lowest BCUT2D eigenvalue weighted by Gasteiger charge is -2.46. The molecular weight excluding hydrogens is 419 g/mol. The highest BCUT2D eigenvalue weighted by Crippen LogP contribution is 2.56. The minimum atomic E-state index is -0.725. The van der Waals surface area contributed by atoms with E-state index in [9.17, 15) is 9.90 Å². The molecule has 0 saturated heterocycles. The van der Waals surface area contributed by atoms with Crippen LogP contribution in [0.4, 0.5) is 4.79 Å². The summed E-state index contributed by atoms with van der Waals surface area (Å²) in [7, 11) is 2.80. The van der Waals surface area contributed by atoms with Crippen molar-refractivity contribution in [2.75, 3.05) is 0 Å². The zero-order chi connectivity index (χ0) is 23.7. The van der Waals surface area contributed by atoms with E-state index in [0.717, 1.165) is 24.0 Å². The summed E-state index contributed by atoms with van der Waals surface area (Å²) >= 11 is 0. The number of hydrogen-bond acceptors (Lipinski definition) is 4. The molecule has 0 spiro atoms. The summed E-state index contributed by atoms with van der Waals surface area (Å²) in [6, 6.07) is 14.6. The van der Waals surface area contributed by atoms with Crippen LogP contribution in [-0.4, -0.2) is 16.9 Å². The second kappa shape index (κ2) is 9.15. The van der Waals surface area contributed by atoms with Gasteiger partial charge in [0.25, 0.3) is 0 Å². The minimum Gasteiger partial charge on any atom is -0.429 e. The Morgan fingerprint density at radius 3 is 2.19 bits per heavy atom. The standard InChI is InChI=1S/C27H37O4P/c1-7-26(6,8-2)31-24(28)30-17-18-10-12-19(13-11-18)25(4,5)20-14-15-22-21(16-20)23(32)27(22,29)9-3/h10-16,23,29H,7-9,17,32H2,1-6H3. The molecule has 0 radical (unpaired) electrons. The van der Waals surface area contributed by atoms with Crippen LogP contribution in [0.15, 0.2) is 42.5 Å². The van der Waals surface area contributed by atoms with Crippen molar-refractivity contribution in [1.29, 1.82) is 0 Å². The second-order valence-corrected chi connectivity index (χ2v) is 10.3. The number of rotatable bonds is 8. The Bertz CT molecular complexity index is 962. The lowest BCUT2D eigenvalue weighted by molar-refractivity contribution is -0.0328. The van der Waals surface area contributed by atoms with E-state index in [1.807, 2.05) is 39.8 Å². The summed E-state index contributed by atoms with van der Waals surface area (Å²) in [4.78, 5) is 12.1. The van der Waals surface area contributed by atoms with Gasteiger partial charge in [0.2, 0.25) is 0 Å². The molecule has 0 bridgehead atoms. The third-order valence-corrected chi connectivity index (χ3v) is 8.40. The van der Waals surface area contributed by atoms with Gasteiger partial charge in [-0.25, -0.2) is 4.79 Å². The minimum absolute atomic E-state index is 0.0693. The van der Waals surface area contributed by atoms with Gasteiger partial charge in [-0.05, 0) is 54.0 Å². The van der Waals surface area contributed by atoms with Crippen LogP contribution >= 0.6 is 9.24 Å². The van der Waals surface area contributed by atoms with Gasteiger partial charge >= 0.3 is 6.16 Å². The summed E-state index contributed by atoms with van der Waals surface area (Å²) in [5.41, 5.74) is 4.24. The third-order valence-electron chi connectivity index (χ3n) is 7.49. The van der Waals surface area contributed by atoms with E-state index in [1.165, 1.54) is 16.7 Å². The highest BCUT2D eigenvalue weighted by atomic mass is 31.0. The van der Waals surface area contributed by atoms with E-state index in [2.05, 4.69) is 53.4 Å². The van der Waals surface area contributed by atoms with Gasteiger partial charge in [0.1, 0.15) is 12.2 Å². The molecule has 5 heteroatoms. The normalized spacial score (nSPS) is 20.3. The summed E-state index contributed by atoms with van der Waals surface area (Å²) in [6.07, 6.45) is 1.59. The van der Waals surface area contributed by atoms with Gasteiger partial charge in [-0.3, -0.25) is 0 Å². The quantitative estimate of drug-likeness (QED) is 0.352. The van der Waals surface area contributed by atoms with Crippen molar-refractivity contribution in [2.45, 2.75) is 89.7 Å². The highest BCUT2D eigenvalue weighted by Gasteiger charge is 2.47. The Labute approximate surface area is 194 Å². The molecule has 1 aliphatic carbocycles. The van der Waals surface area contributed by atoms with Gasteiger partial charge in [0.15, 0.2) is 0 Å². The Morgan fingerprint density at radius 1 is 1.03 bits per heavy atom. The SMILES string of the molecule is CCC(C)(CC)OC(=O)OCc1ccc(C(C)(C)c2ccc3c(c2)C(P)C3(O)CC)cc1. The van der Waals surface area contributed by atoms with Crippen molar-refractivity contribution in [3.63, 3.8) is 0 Å². The average molecular weight is 457 g/mol. The zero-order valence-electron chi connectivity index (χ0n) is 20.2. The van der Waals surface area contributed by atoms with E-state index in [4.69, 9.17) is 9.47 Å². The van der Waals surface area contributed by atoms with Gasteiger partial charge in [0.05, 0.1) is 5.60 Å². The van der Waals surface area contributed by atoms with Crippen LogP contribution in [0.2, 0.25) is 0 Å². The maximum atomic E-state index is 12.1. The molecule has 174 valence electrons. The number of fused-ring (bicyclic) bond motifs is 1. The van der Waals surface area contributed by atoms with Gasteiger partial charge < -0.3 is 14.6 Å². The van der Waals surface area contributed by atoms with Gasteiger partial charge in [0, 0.05) is 11.1 Å². The largest absolute Gasteiger partial charge is 0.509 e. The van der Waals surface area contributed by atoms with Crippen molar-refractivity contribution >= 4 is 15.4 Å². The molecule has 32 heavy (non-hydrogen) atoms. The molecule has 3 rings (SSSR count). The molecule has 0 saturated carbocycles. The molecule has 1 aliphatic rings. The maximum Gasteiger partial charge on any atom is 0.509 e.